The highest BCUT2D eigenvalue weighted by atomic mass is 35.5. The first-order valence-corrected chi connectivity index (χ1v) is 9.96. The lowest BCUT2D eigenvalue weighted by molar-refractivity contribution is -0.118. The van der Waals surface area contributed by atoms with Gasteiger partial charge in [-0.05, 0) is 37.8 Å². The Morgan fingerprint density at radius 2 is 2.00 bits per heavy atom. The Bertz CT molecular complexity index is 770. The van der Waals surface area contributed by atoms with E-state index in [1.165, 1.54) is 11.8 Å². The van der Waals surface area contributed by atoms with Crippen LogP contribution in [0.15, 0.2) is 29.4 Å². The largest absolute Gasteiger partial charge is 0.353 e. The fourth-order valence-electron chi connectivity index (χ4n) is 2.95. The van der Waals surface area contributed by atoms with Crippen molar-refractivity contribution in [3.8, 4) is 5.69 Å². The number of anilines is 1. The highest BCUT2D eigenvalue weighted by Gasteiger charge is 2.26. The molecule has 2 heterocycles. The molecule has 1 saturated heterocycles. The molecule has 25 heavy (non-hydrogen) atoms. The molecule has 1 aliphatic heterocycles. The van der Waals surface area contributed by atoms with Gasteiger partial charge in [0.2, 0.25) is 11.9 Å². The van der Waals surface area contributed by atoms with E-state index in [0.717, 1.165) is 50.4 Å². The summed E-state index contributed by atoms with van der Waals surface area (Å²) >= 11 is 7.82. The Morgan fingerprint density at radius 1 is 1.24 bits per heavy atom. The van der Waals surface area contributed by atoms with E-state index in [0.29, 0.717) is 22.0 Å². The molecule has 1 aromatic heterocycles. The lowest BCUT2D eigenvalue weighted by Gasteiger charge is -2.19. The standard InChI is InChI=1S/C17H20ClN5OS/c18-13-5-1-2-6-14(13)23-16(22-9-3-4-10-22)20-21-17(23)25-11-15(24)19-12-7-8-12/h1-2,5-6,12H,3-4,7-11H2,(H,19,24). The SMILES string of the molecule is O=C(CSc1nnc(N2CCCC2)n1-c1ccccc1Cl)NC1CC1. The van der Waals surface area contributed by atoms with E-state index in [1.807, 2.05) is 28.8 Å². The van der Waals surface area contributed by atoms with Gasteiger partial charge in [-0.3, -0.25) is 9.36 Å². The predicted octanol–water partition coefficient (Wildman–Crippen LogP) is 2.89. The third-order valence-corrected chi connectivity index (χ3v) is 5.62. The van der Waals surface area contributed by atoms with Crippen molar-refractivity contribution in [3.63, 3.8) is 0 Å². The summed E-state index contributed by atoms with van der Waals surface area (Å²) in [5.41, 5.74) is 0.848. The van der Waals surface area contributed by atoms with E-state index in [2.05, 4.69) is 20.4 Å². The van der Waals surface area contributed by atoms with Gasteiger partial charge in [-0.1, -0.05) is 35.5 Å². The maximum atomic E-state index is 12.0. The zero-order chi connectivity index (χ0) is 17.2. The maximum Gasteiger partial charge on any atom is 0.232 e. The van der Waals surface area contributed by atoms with Crippen LogP contribution in [0.25, 0.3) is 5.69 Å². The summed E-state index contributed by atoms with van der Waals surface area (Å²) in [4.78, 5) is 14.2. The van der Waals surface area contributed by atoms with E-state index in [-0.39, 0.29) is 5.91 Å². The topological polar surface area (TPSA) is 63.1 Å². The number of hydrogen-bond acceptors (Lipinski definition) is 5. The molecule has 1 aliphatic carbocycles. The van der Waals surface area contributed by atoms with Crippen molar-refractivity contribution in [2.24, 2.45) is 0 Å². The van der Waals surface area contributed by atoms with Crippen LogP contribution in [0.5, 0.6) is 0 Å². The van der Waals surface area contributed by atoms with Crippen LogP contribution in [-0.2, 0) is 4.79 Å². The minimum atomic E-state index is 0.0453. The second-order valence-electron chi connectivity index (χ2n) is 6.39. The highest BCUT2D eigenvalue weighted by Crippen LogP contribution is 2.31. The van der Waals surface area contributed by atoms with Crippen LogP contribution in [0.3, 0.4) is 0 Å². The number of aromatic nitrogens is 3. The van der Waals surface area contributed by atoms with Gasteiger partial charge in [0.05, 0.1) is 16.5 Å². The molecule has 132 valence electrons. The first-order chi connectivity index (χ1) is 12.2. The van der Waals surface area contributed by atoms with Crippen LogP contribution in [0.1, 0.15) is 25.7 Å². The number of benzene rings is 1. The first-order valence-electron chi connectivity index (χ1n) is 8.60. The number of halogens is 1. The summed E-state index contributed by atoms with van der Waals surface area (Å²) in [6, 6.07) is 8.04. The maximum absolute atomic E-state index is 12.0. The molecule has 0 radical (unpaired) electrons. The fraction of sp³-hybridized carbons (Fsp3) is 0.471. The number of hydrogen-bond donors (Lipinski definition) is 1. The molecule has 0 unspecified atom stereocenters. The second-order valence-corrected chi connectivity index (χ2v) is 7.74. The molecule has 1 amide bonds. The predicted molar refractivity (Wildman–Crippen MR) is 99.7 cm³/mol. The summed E-state index contributed by atoms with van der Waals surface area (Å²) in [5.74, 6) is 1.18. The van der Waals surface area contributed by atoms with Gasteiger partial charge in [-0.15, -0.1) is 10.2 Å². The van der Waals surface area contributed by atoms with Gasteiger partial charge in [0.25, 0.3) is 0 Å². The van der Waals surface area contributed by atoms with Crippen LogP contribution in [0.2, 0.25) is 5.02 Å². The number of nitrogens with zero attached hydrogens (tertiary/aromatic N) is 4. The number of nitrogens with one attached hydrogen (secondary N) is 1. The Morgan fingerprint density at radius 3 is 2.72 bits per heavy atom. The molecule has 1 saturated carbocycles. The molecule has 6 nitrogen and oxygen atoms in total. The van der Waals surface area contributed by atoms with Gasteiger partial charge in [-0.2, -0.15) is 0 Å². The van der Waals surface area contributed by atoms with E-state index in [4.69, 9.17) is 11.6 Å². The van der Waals surface area contributed by atoms with E-state index in [9.17, 15) is 4.79 Å². The molecule has 8 heteroatoms. The summed E-state index contributed by atoms with van der Waals surface area (Å²) in [6.07, 6.45) is 4.49. The van der Waals surface area contributed by atoms with E-state index < -0.39 is 0 Å². The molecule has 1 N–H and O–H groups in total. The summed E-state index contributed by atoms with van der Waals surface area (Å²) in [6.45, 7) is 1.94. The lowest BCUT2D eigenvalue weighted by atomic mass is 10.3. The Labute approximate surface area is 155 Å². The minimum absolute atomic E-state index is 0.0453. The minimum Gasteiger partial charge on any atom is -0.353 e. The molecule has 0 bridgehead atoms. The summed E-state index contributed by atoms with van der Waals surface area (Å²) < 4.78 is 1.97. The monoisotopic (exact) mass is 377 g/mol. The van der Waals surface area contributed by atoms with Crippen LogP contribution < -0.4 is 10.2 Å². The molecule has 4 rings (SSSR count). The molecule has 0 atom stereocenters. The molecule has 0 spiro atoms. The van der Waals surface area contributed by atoms with E-state index in [1.54, 1.807) is 0 Å². The van der Waals surface area contributed by atoms with Gasteiger partial charge in [-0.25, -0.2) is 0 Å². The van der Waals surface area contributed by atoms with Crippen molar-refractivity contribution < 1.29 is 4.79 Å². The van der Waals surface area contributed by atoms with Gasteiger partial charge < -0.3 is 10.2 Å². The molecule has 2 fully saturated rings. The Hall–Kier alpha value is -1.73. The quantitative estimate of drug-likeness (QED) is 0.784. The van der Waals surface area contributed by atoms with Crippen molar-refractivity contribution in [2.45, 2.75) is 36.9 Å². The number of thioether (sulfide) groups is 1. The van der Waals surface area contributed by atoms with Crippen molar-refractivity contribution >= 4 is 35.2 Å². The normalized spacial score (nSPS) is 17.1. The van der Waals surface area contributed by atoms with Crippen molar-refractivity contribution in [3.05, 3.63) is 29.3 Å². The number of carbonyl (C=O) groups is 1. The third kappa shape index (κ3) is 3.77. The van der Waals surface area contributed by atoms with Crippen LogP contribution in [-0.4, -0.2) is 45.6 Å². The van der Waals surface area contributed by atoms with Crippen LogP contribution in [0, 0.1) is 0 Å². The van der Waals surface area contributed by atoms with Gasteiger partial charge in [0.1, 0.15) is 0 Å². The number of para-hydroxylation sites is 1. The molecular weight excluding hydrogens is 358 g/mol. The Balaban J connectivity index is 1.61. The fourth-order valence-corrected chi connectivity index (χ4v) is 3.92. The van der Waals surface area contributed by atoms with Gasteiger partial charge in [0.15, 0.2) is 5.16 Å². The average Bonchev–Trinajstić information content (AvgIpc) is 3.11. The lowest BCUT2D eigenvalue weighted by Crippen LogP contribution is -2.27. The molecule has 2 aliphatic rings. The zero-order valence-corrected chi connectivity index (χ0v) is 15.4. The smallest absolute Gasteiger partial charge is 0.232 e. The van der Waals surface area contributed by atoms with Crippen LogP contribution >= 0.6 is 23.4 Å². The average molecular weight is 378 g/mol. The number of rotatable bonds is 6. The van der Waals surface area contributed by atoms with Crippen molar-refractivity contribution in [2.75, 3.05) is 23.7 Å². The van der Waals surface area contributed by atoms with Crippen LogP contribution in [0.4, 0.5) is 5.95 Å². The zero-order valence-electron chi connectivity index (χ0n) is 13.8. The first kappa shape index (κ1) is 16.7. The molecular formula is C17H20ClN5OS. The van der Waals surface area contributed by atoms with E-state index >= 15 is 0 Å². The summed E-state index contributed by atoms with van der Waals surface area (Å²) in [5, 5.41) is 13.1. The highest BCUT2D eigenvalue weighted by molar-refractivity contribution is 7.99. The second kappa shape index (κ2) is 7.25. The number of carbonyl (C=O) groups excluding carboxylic acids is 1. The van der Waals surface area contributed by atoms with Gasteiger partial charge >= 0.3 is 0 Å². The number of amides is 1. The Kier molecular flexibility index (Phi) is 4.85. The van der Waals surface area contributed by atoms with Crippen molar-refractivity contribution in [1.82, 2.24) is 20.1 Å². The summed E-state index contributed by atoms with van der Waals surface area (Å²) in [7, 11) is 0. The molecule has 2 aromatic rings. The molecule has 1 aromatic carbocycles. The third-order valence-electron chi connectivity index (χ3n) is 4.37. The van der Waals surface area contributed by atoms with Crippen molar-refractivity contribution in [1.29, 1.82) is 0 Å². The van der Waals surface area contributed by atoms with Gasteiger partial charge in [0, 0.05) is 19.1 Å².